The highest BCUT2D eigenvalue weighted by atomic mass is 35.5. The van der Waals surface area contributed by atoms with Gasteiger partial charge in [0.05, 0.1) is 0 Å². The summed E-state index contributed by atoms with van der Waals surface area (Å²) < 4.78 is 16.5. The van der Waals surface area contributed by atoms with E-state index >= 15 is 0 Å². The van der Waals surface area contributed by atoms with Crippen molar-refractivity contribution in [2.75, 3.05) is 0 Å². The third kappa shape index (κ3) is 4.42. The predicted octanol–water partition coefficient (Wildman–Crippen LogP) is 5.37. The summed E-state index contributed by atoms with van der Waals surface area (Å²) in [5.74, 6) is 0.143. The number of carbonyl (C=O) groups excluding carboxylic acids is 1. The highest BCUT2D eigenvalue weighted by Crippen LogP contribution is 2.27. The lowest BCUT2D eigenvalue weighted by molar-refractivity contribution is -0.129. The highest BCUT2D eigenvalue weighted by Gasteiger charge is 2.24. The summed E-state index contributed by atoms with van der Waals surface area (Å²) in [7, 11) is 0. The molecule has 7 heteroatoms. The number of esters is 1. The molecule has 0 amide bonds. The molecule has 1 aliphatic rings. The number of nitrogens with zero attached hydrogens (tertiary/aromatic N) is 1. The van der Waals surface area contributed by atoms with Gasteiger partial charge in [0.2, 0.25) is 5.90 Å². The number of ether oxygens (including phenoxy) is 2. The molecule has 4 aromatic rings. The van der Waals surface area contributed by atoms with Crippen LogP contribution in [0.5, 0.6) is 5.75 Å². The van der Waals surface area contributed by atoms with Crippen LogP contribution < -0.4 is 10.4 Å². The van der Waals surface area contributed by atoms with E-state index in [9.17, 15) is 9.59 Å². The number of cyclic esters (lactones) is 1. The molecule has 33 heavy (non-hydrogen) atoms. The number of fused-ring (bicyclic) bond motifs is 1. The van der Waals surface area contributed by atoms with Crippen LogP contribution in [0.2, 0.25) is 5.02 Å². The van der Waals surface area contributed by atoms with E-state index in [0.29, 0.717) is 32.9 Å². The maximum absolute atomic E-state index is 12.3. The zero-order valence-corrected chi connectivity index (χ0v) is 17.9. The standard InChI is InChI=1S/C26H16ClNO5/c27-21-9-5-4-8-17(21)15-31-19-10-11-20-18(13-24(29)32-23(20)14-19)12-22-26(30)33-25(28-22)16-6-2-1-3-7-16/h1-14H,15H2/b22-12+. The fraction of sp³-hybridized carbons (Fsp3) is 0.0385. The molecule has 2 heterocycles. The van der Waals surface area contributed by atoms with Crippen molar-refractivity contribution < 1.29 is 18.7 Å². The van der Waals surface area contributed by atoms with E-state index in [1.807, 2.05) is 36.4 Å². The summed E-state index contributed by atoms with van der Waals surface area (Å²) in [6.45, 7) is 0.266. The lowest BCUT2D eigenvalue weighted by atomic mass is 10.1. The van der Waals surface area contributed by atoms with Gasteiger partial charge in [-0.2, -0.15) is 0 Å². The van der Waals surface area contributed by atoms with Gasteiger partial charge in [-0.25, -0.2) is 14.6 Å². The van der Waals surface area contributed by atoms with E-state index in [2.05, 4.69) is 4.99 Å². The van der Waals surface area contributed by atoms with E-state index in [4.69, 9.17) is 25.5 Å². The molecule has 0 aliphatic carbocycles. The zero-order valence-electron chi connectivity index (χ0n) is 17.2. The summed E-state index contributed by atoms with van der Waals surface area (Å²) in [5, 5.41) is 1.24. The fourth-order valence-electron chi connectivity index (χ4n) is 3.41. The minimum Gasteiger partial charge on any atom is -0.489 e. The molecule has 5 rings (SSSR count). The van der Waals surface area contributed by atoms with Crippen molar-refractivity contribution in [3.05, 3.63) is 117 Å². The molecular weight excluding hydrogens is 442 g/mol. The minimum atomic E-state index is -0.588. The molecule has 0 N–H and O–H groups in total. The first-order valence-electron chi connectivity index (χ1n) is 10.1. The first kappa shape index (κ1) is 20.7. The number of halogens is 1. The van der Waals surface area contributed by atoms with Crippen LogP contribution in [0.4, 0.5) is 0 Å². The predicted molar refractivity (Wildman–Crippen MR) is 125 cm³/mol. The van der Waals surface area contributed by atoms with E-state index in [1.54, 1.807) is 36.4 Å². The molecule has 1 aromatic heterocycles. The first-order valence-corrected chi connectivity index (χ1v) is 10.5. The van der Waals surface area contributed by atoms with Crippen LogP contribution in [-0.4, -0.2) is 11.9 Å². The van der Waals surface area contributed by atoms with Crippen LogP contribution >= 0.6 is 11.6 Å². The Morgan fingerprint density at radius 2 is 1.73 bits per heavy atom. The molecule has 0 atom stereocenters. The number of benzene rings is 3. The van der Waals surface area contributed by atoms with Gasteiger partial charge in [-0.1, -0.05) is 48.0 Å². The van der Waals surface area contributed by atoms with E-state index in [0.717, 1.165) is 5.56 Å². The van der Waals surface area contributed by atoms with Crippen molar-refractivity contribution in [2.45, 2.75) is 6.61 Å². The molecule has 0 saturated carbocycles. The molecule has 1 aliphatic heterocycles. The topological polar surface area (TPSA) is 78.1 Å². The monoisotopic (exact) mass is 457 g/mol. The van der Waals surface area contributed by atoms with Gasteiger partial charge in [-0.05, 0) is 42.0 Å². The van der Waals surface area contributed by atoms with Crippen LogP contribution in [0.3, 0.4) is 0 Å². The Hall–Kier alpha value is -4.16. The number of hydrogen-bond donors (Lipinski definition) is 0. The number of carbonyl (C=O) groups is 1. The Kier molecular flexibility index (Phi) is 5.50. The van der Waals surface area contributed by atoms with Gasteiger partial charge in [0, 0.05) is 33.7 Å². The van der Waals surface area contributed by atoms with Gasteiger partial charge in [0.25, 0.3) is 0 Å². The zero-order chi connectivity index (χ0) is 22.8. The Morgan fingerprint density at radius 1 is 0.939 bits per heavy atom. The molecule has 6 nitrogen and oxygen atoms in total. The van der Waals surface area contributed by atoms with Gasteiger partial charge in [-0.3, -0.25) is 0 Å². The maximum Gasteiger partial charge on any atom is 0.363 e. The Balaban J connectivity index is 1.47. The van der Waals surface area contributed by atoms with Gasteiger partial charge in [-0.15, -0.1) is 0 Å². The molecule has 3 aromatic carbocycles. The lowest BCUT2D eigenvalue weighted by Crippen LogP contribution is -2.05. The second-order valence-corrected chi connectivity index (χ2v) is 7.67. The minimum absolute atomic E-state index is 0.0970. The Bertz CT molecular complexity index is 1490. The first-order chi connectivity index (χ1) is 16.1. The van der Waals surface area contributed by atoms with E-state index in [1.165, 1.54) is 12.1 Å². The molecule has 0 saturated heterocycles. The number of rotatable bonds is 5. The van der Waals surface area contributed by atoms with Crippen LogP contribution in [0.25, 0.3) is 17.0 Å². The fourth-order valence-corrected chi connectivity index (χ4v) is 3.60. The summed E-state index contributed by atoms with van der Waals surface area (Å²) in [6, 6.07) is 23.0. The third-order valence-electron chi connectivity index (χ3n) is 5.03. The largest absolute Gasteiger partial charge is 0.489 e. The SMILES string of the molecule is O=C1OC(c2ccccc2)=N/C1=C/c1cc(=O)oc2cc(OCc3ccccc3Cl)ccc12. The number of aliphatic imine (C=N–C) groups is 1. The van der Waals surface area contributed by atoms with Gasteiger partial charge < -0.3 is 13.9 Å². The summed E-state index contributed by atoms with van der Waals surface area (Å²) in [4.78, 5) is 28.8. The molecular formula is C26H16ClNO5. The van der Waals surface area contributed by atoms with Crippen molar-refractivity contribution in [3.63, 3.8) is 0 Å². The van der Waals surface area contributed by atoms with Crippen molar-refractivity contribution in [2.24, 2.45) is 4.99 Å². The smallest absolute Gasteiger partial charge is 0.363 e. The highest BCUT2D eigenvalue weighted by molar-refractivity contribution is 6.31. The number of hydrogen-bond acceptors (Lipinski definition) is 6. The summed E-state index contributed by atoms with van der Waals surface area (Å²) in [6.07, 6.45) is 1.52. The van der Waals surface area contributed by atoms with Crippen LogP contribution in [0.1, 0.15) is 16.7 Å². The second-order valence-electron chi connectivity index (χ2n) is 7.26. The Labute approximate surface area is 193 Å². The second kappa shape index (κ2) is 8.76. The average Bonchev–Trinajstić information content (AvgIpc) is 3.19. The molecule has 0 spiro atoms. The van der Waals surface area contributed by atoms with Crippen molar-refractivity contribution in [1.82, 2.24) is 0 Å². The van der Waals surface area contributed by atoms with Crippen molar-refractivity contribution in [3.8, 4) is 5.75 Å². The average molecular weight is 458 g/mol. The normalized spacial score (nSPS) is 14.4. The van der Waals surface area contributed by atoms with Crippen LogP contribution in [0, 0.1) is 0 Å². The molecule has 0 fully saturated rings. The summed E-state index contributed by atoms with van der Waals surface area (Å²) >= 11 is 6.17. The molecule has 0 bridgehead atoms. The molecule has 162 valence electrons. The van der Waals surface area contributed by atoms with E-state index in [-0.39, 0.29) is 18.2 Å². The van der Waals surface area contributed by atoms with Crippen LogP contribution in [0.15, 0.2) is 98.8 Å². The lowest BCUT2D eigenvalue weighted by Gasteiger charge is -2.09. The third-order valence-corrected chi connectivity index (χ3v) is 5.40. The van der Waals surface area contributed by atoms with Gasteiger partial charge in [0.15, 0.2) is 5.70 Å². The maximum atomic E-state index is 12.3. The van der Waals surface area contributed by atoms with Gasteiger partial charge >= 0.3 is 11.6 Å². The van der Waals surface area contributed by atoms with Crippen molar-refractivity contribution >= 4 is 40.5 Å². The van der Waals surface area contributed by atoms with E-state index < -0.39 is 11.6 Å². The van der Waals surface area contributed by atoms with Crippen molar-refractivity contribution in [1.29, 1.82) is 0 Å². The Morgan fingerprint density at radius 3 is 2.55 bits per heavy atom. The van der Waals surface area contributed by atoms with Gasteiger partial charge in [0.1, 0.15) is 17.9 Å². The summed E-state index contributed by atoms with van der Waals surface area (Å²) in [5.41, 5.74) is 1.88. The quantitative estimate of drug-likeness (QED) is 0.229. The molecule has 0 unspecified atom stereocenters. The van der Waals surface area contributed by atoms with Crippen LogP contribution in [-0.2, 0) is 16.1 Å². The molecule has 0 radical (unpaired) electrons.